The number of likely N-dealkylation sites (tertiary alicyclic amines) is 1. The average Bonchev–Trinajstić information content (AvgIpc) is 3.54. The Bertz CT molecular complexity index is 1520. The van der Waals surface area contributed by atoms with Crippen molar-refractivity contribution in [1.82, 2.24) is 29.4 Å². The number of aromatic nitrogens is 5. The highest BCUT2D eigenvalue weighted by atomic mass is 19.1. The number of imidazole rings is 1. The molecule has 2 aliphatic rings. The van der Waals surface area contributed by atoms with Gasteiger partial charge in [-0.15, -0.1) is 0 Å². The number of piperidine rings is 1. The van der Waals surface area contributed by atoms with E-state index >= 15 is 4.39 Å². The van der Waals surface area contributed by atoms with Gasteiger partial charge in [0.05, 0.1) is 18.3 Å². The summed E-state index contributed by atoms with van der Waals surface area (Å²) >= 11 is 0. The van der Waals surface area contributed by atoms with E-state index in [1.807, 2.05) is 43.7 Å². The fourth-order valence-corrected chi connectivity index (χ4v) is 6.17. The second-order valence-electron chi connectivity index (χ2n) is 11.5. The van der Waals surface area contributed by atoms with Crippen molar-refractivity contribution in [2.45, 2.75) is 59.0 Å². The van der Waals surface area contributed by atoms with Crippen molar-refractivity contribution in [3.05, 3.63) is 59.7 Å². The third kappa shape index (κ3) is 4.94. The molecule has 4 aromatic rings. The molecule has 0 bridgehead atoms. The van der Waals surface area contributed by atoms with Crippen LogP contribution in [0, 0.1) is 24.0 Å². The number of rotatable bonds is 6. The van der Waals surface area contributed by atoms with Gasteiger partial charge in [0.25, 0.3) is 0 Å². The van der Waals surface area contributed by atoms with Crippen LogP contribution in [0.3, 0.4) is 0 Å². The highest BCUT2D eigenvalue weighted by Gasteiger charge is 2.39. The van der Waals surface area contributed by atoms with Gasteiger partial charge in [0.2, 0.25) is 5.95 Å². The van der Waals surface area contributed by atoms with E-state index in [1.165, 1.54) is 25.3 Å². The first kappa shape index (κ1) is 26.7. The lowest BCUT2D eigenvalue weighted by Gasteiger charge is -2.41. The van der Waals surface area contributed by atoms with Crippen LogP contribution in [0.4, 0.5) is 20.5 Å². The highest BCUT2D eigenvalue weighted by Crippen LogP contribution is 2.41. The molecule has 2 saturated heterocycles. The summed E-state index contributed by atoms with van der Waals surface area (Å²) < 4.78 is 37.5. The van der Waals surface area contributed by atoms with Gasteiger partial charge in [0.1, 0.15) is 22.9 Å². The van der Waals surface area contributed by atoms with Crippen molar-refractivity contribution >= 4 is 22.8 Å². The first-order chi connectivity index (χ1) is 19.2. The fourth-order valence-electron chi connectivity index (χ4n) is 6.17. The minimum atomic E-state index is -0.638. The zero-order valence-corrected chi connectivity index (χ0v) is 23.4. The summed E-state index contributed by atoms with van der Waals surface area (Å²) in [5.74, 6) is 0.266. The summed E-state index contributed by atoms with van der Waals surface area (Å²) in [6, 6.07) is 7.24. The van der Waals surface area contributed by atoms with Gasteiger partial charge in [0, 0.05) is 30.5 Å². The van der Waals surface area contributed by atoms with Crippen LogP contribution in [-0.4, -0.2) is 55.7 Å². The highest BCUT2D eigenvalue weighted by molar-refractivity contribution is 5.83. The van der Waals surface area contributed by atoms with Crippen molar-refractivity contribution in [3.63, 3.8) is 0 Å². The molecule has 3 aromatic heterocycles. The molecule has 1 atom stereocenters. The molecular weight excluding hydrogens is 512 g/mol. The van der Waals surface area contributed by atoms with Crippen LogP contribution in [0.2, 0.25) is 0 Å². The van der Waals surface area contributed by atoms with Gasteiger partial charge in [-0.05, 0) is 89.2 Å². The maximum atomic E-state index is 15.0. The molecule has 210 valence electrons. The lowest BCUT2D eigenvalue weighted by atomic mass is 9.77. The molecule has 1 spiro atoms. The number of hydrogen-bond acceptors (Lipinski definition) is 7. The Kier molecular flexibility index (Phi) is 7.00. The fraction of sp³-hybridized carbons (Fsp3) is 0.467. The van der Waals surface area contributed by atoms with E-state index in [0.717, 1.165) is 38.1 Å². The molecule has 1 aromatic carbocycles. The number of nitrogens with zero attached hydrogens (tertiary/aromatic N) is 6. The maximum Gasteiger partial charge on any atom is 0.229 e. The van der Waals surface area contributed by atoms with E-state index in [-0.39, 0.29) is 29.2 Å². The van der Waals surface area contributed by atoms with Crippen LogP contribution in [0.25, 0.3) is 22.3 Å². The smallest absolute Gasteiger partial charge is 0.229 e. The Morgan fingerprint density at radius 3 is 2.45 bits per heavy atom. The topological polar surface area (TPSA) is 81.0 Å². The van der Waals surface area contributed by atoms with E-state index in [1.54, 1.807) is 6.07 Å². The van der Waals surface area contributed by atoms with Crippen molar-refractivity contribution in [2.75, 3.05) is 31.6 Å². The molecule has 5 heterocycles. The third-order valence-corrected chi connectivity index (χ3v) is 8.56. The van der Waals surface area contributed by atoms with Gasteiger partial charge in [-0.3, -0.25) is 4.90 Å². The summed E-state index contributed by atoms with van der Waals surface area (Å²) in [5.41, 5.74) is 2.69. The Balaban J connectivity index is 1.19. The second kappa shape index (κ2) is 10.5. The molecule has 40 heavy (non-hydrogen) atoms. The first-order valence-electron chi connectivity index (χ1n) is 14.0. The molecule has 0 aliphatic carbocycles. The minimum Gasteiger partial charge on any atom is -0.381 e. The zero-order valence-electron chi connectivity index (χ0n) is 23.4. The summed E-state index contributed by atoms with van der Waals surface area (Å²) in [6.45, 7) is 11.9. The summed E-state index contributed by atoms with van der Waals surface area (Å²) in [4.78, 5) is 19.9. The summed E-state index contributed by atoms with van der Waals surface area (Å²) in [5, 5.41) is 3.07. The number of aryl methyl sites for hydroxylation is 1. The largest absolute Gasteiger partial charge is 0.381 e. The zero-order chi connectivity index (χ0) is 28.0. The maximum absolute atomic E-state index is 15.0. The number of nitrogens with one attached hydrogen (secondary N) is 1. The van der Waals surface area contributed by atoms with Crippen LogP contribution in [0.1, 0.15) is 63.5 Å². The third-order valence-electron chi connectivity index (χ3n) is 8.56. The normalized spacial score (nSPS) is 18.2. The molecule has 1 N–H and O–H groups in total. The number of anilines is 2. The molecule has 0 radical (unpaired) electrons. The van der Waals surface area contributed by atoms with Crippen LogP contribution in [0.15, 0.2) is 36.7 Å². The number of benzene rings is 1. The number of fused-ring (bicyclic) bond motifs is 1. The Morgan fingerprint density at radius 2 is 1.77 bits per heavy atom. The van der Waals surface area contributed by atoms with Crippen molar-refractivity contribution in [2.24, 2.45) is 5.41 Å². The minimum absolute atomic E-state index is 0.00762. The molecular formula is C30H35F2N7O. The first-order valence-corrected chi connectivity index (χ1v) is 14.0. The van der Waals surface area contributed by atoms with Crippen LogP contribution >= 0.6 is 0 Å². The molecule has 2 fully saturated rings. The van der Waals surface area contributed by atoms with Gasteiger partial charge >= 0.3 is 0 Å². The number of halogens is 2. The Hall–Kier alpha value is -3.50. The lowest BCUT2D eigenvalue weighted by Crippen LogP contribution is -2.41. The van der Waals surface area contributed by atoms with Gasteiger partial charge in [0.15, 0.2) is 11.6 Å². The molecule has 6 rings (SSSR count). The molecule has 2 aliphatic heterocycles. The Morgan fingerprint density at radius 1 is 0.975 bits per heavy atom. The molecule has 0 amide bonds. The van der Waals surface area contributed by atoms with Crippen LogP contribution in [-0.2, 0) is 4.74 Å². The van der Waals surface area contributed by atoms with E-state index in [0.29, 0.717) is 28.1 Å². The predicted molar refractivity (Wildman–Crippen MR) is 150 cm³/mol. The van der Waals surface area contributed by atoms with E-state index in [4.69, 9.17) is 4.74 Å². The number of pyridine rings is 1. The SMILES string of the molecule is Cc1nc2c(F)cc(-c3nc(Nc4ccc([C@H](C)N5CCC6(CCOC6)CC5)cn4)ncc3F)cc2n1C(C)C. The summed E-state index contributed by atoms with van der Waals surface area (Å²) in [7, 11) is 0. The van der Waals surface area contributed by atoms with Crippen molar-refractivity contribution in [1.29, 1.82) is 0 Å². The average molecular weight is 548 g/mol. The molecule has 0 saturated carbocycles. The van der Waals surface area contributed by atoms with Crippen molar-refractivity contribution in [3.8, 4) is 11.3 Å². The second-order valence-corrected chi connectivity index (χ2v) is 11.5. The van der Waals surface area contributed by atoms with E-state index < -0.39 is 11.6 Å². The molecule has 8 nitrogen and oxygen atoms in total. The van der Waals surface area contributed by atoms with Gasteiger partial charge in [-0.25, -0.2) is 28.7 Å². The van der Waals surface area contributed by atoms with Crippen LogP contribution < -0.4 is 5.32 Å². The lowest BCUT2D eigenvalue weighted by molar-refractivity contribution is 0.0622. The predicted octanol–water partition coefficient (Wildman–Crippen LogP) is 6.36. The number of hydrogen-bond donors (Lipinski definition) is 1. The van der Waals surface area contributed by atoms with Gasteiger partial charge in [-0.2, -0.15) is 0 Å². The quantitative estimate of drug-likeness (QED) is 0.301. The number of ether oxygens (including phenoxy) is 1. The Labute approximate surface area is 232 Å². The van der Waals surface area contributed by atoms with Gasteiger partial charge < -0.3 is 14.6 Å². The molecule has 0 unspecified atom stereocenters. The van der Waals surface area contributed by atoms with Crippen LogP contribution in [0.5, 0.6) is 0 Å². The standard InChI is InChI=1S/C30H35F2N7O/c1-18(2)39-20(4)35-28-23(31)13-22(14-25(28)39)27-24(32)16-34-29(37-27)36-26-6-5-21(15-33-26)19(3)38-10-7-30(8-11-38)9-12-40-17-30/h5-6,13-16,18-19H,7-12,17H2,1-4H3,(H,33,34,36,37)/t19-/m0/s1. The van der Waals surface area contributed by atoms with E-state index in [9.17, 15) is 4.39 Å². The van der Waals surface area contributed by atoms with Gasteiger partial charge in [-0.1, -0.05) is 6.07 Å². The molecule has 10 heteroatoms. The van der Waals surface area contributed by atoms with E-state index in [2.05, 4.69) is 37.1 Å². The summed E-state index contributed by atoms with van der Waals surface area (Å²) in [6.07, 6.45) is 6.47. The monoisotopic (exact) mass is 547 g/mol. The van der Waals surface area contributed by atoms with Crippen molar-refractivity contribution < 1.29 is 13.5 Å².